The van der Waals surface area contributed by atoms with Gasteiger partial charge in [0.05, 0.1) is 24.0 Å². The molecule has 9 heteroatoms. The van der Waals surface area contributed by atoms with Gasteiger partial charge in [0.15, 0.2) is 5.82 Å². The molecule has 0 spiro atoms. The second kappa shape index (κ2) is 10.6. The Bertz CT molecular complexity index is 1170. The molecular formula is C24H25ClFN5O2. The molecule has 172 valence electrons. The summed E-state index contributed by atoms with van der Waals surface area (Å²) in [5.74, 6) is 0.147. The van der Waals surface area contributed by atoms with Gasteiger partial charge in [-0.1, -0.05) is 34.6 Å². The first-order valence-corrected chi connectivity index (χ1v) is 11.2. The Labute approximate surface area is 196 Å². The van der Waals surface area contributed by atoms with E-state index in [1.165, 1.54) is 44.8 Å². The number of nitrogens with one attached hydrogen (secondary N) is 1. The molecule has 0 aliphatic carbocycles. The van der Waals surface area contributed by atoms with E-state index in [-0.39, 0.29) is 17.4 Å². The van der Waals surface area contributed by atoms with E-state index in [0.29, 0.717) is 32.5 Å². The number of methoxy groups -OCH3 is 1. The molecule has 0 saturated carbocycles. The SMILES string of the molecule is COc1cc2ncnc(N(F)c3cccc(Cl)c3)c2cc1NC(=O)C=CCN1CCCCC1. The summed E-state index contributed by atoms with van der Waals surface area (Å²) in [5, 5.41) is 4.07. The van der Waals surface area contributed by atoms with Crippen molar-refractivity contribution >= 4 is 45.6 Å². The Hall–Kier alpha value is -3.23. The van der Waals surface area contributed by atoms with Crippen LogP contribution in [0.25, 0.3) is 10.9 Å². The molecule has 1 amide bonds. The van der Waals surface area contributed by atoms with Crippen LogP contribution in [0.2, 0.25) is 5.02 Å². The lowest BCUT2D eigenvalue weighted by atomic mass is 10.1. The van der Waals surface area contributed by atoms with Crippen molar-refractivity contribution in [1.82, 2.24) is 14.9 Å². The van der Waals surface area contributed by atoms with E-state index < -0.39 is 0 Å². The summed E-state index contributed by atoms with van der Waals surface area (Å²) in [6.45, 7) is 2.84. The number of hydrogen-bond acceptors (Lipinski definition) is 6. The highest BCUT2D eigenvalue weighted by atomic mass is 35.5. The predicted molar refractivity (Wildman–Crippen MR) is 129 cm³/mol. The molecule has 1 saturated heterocycles. The minimum absolute atomic E-state index is 0.0288. The van der Waals surface area contributed by atoms with Crippen LogP contribution in [-0.4, -0.2) is 47.5 Å². The number of nitrogens with zero attached hydrogens (tertiary/aromatic N) is 4. The van der Waals surface area contributed by atoms with Gasteiger partial charge in [-0.15, -0.1) is 0 Å². The summed E-state index contributed by atoms with van der Waals surface area (Å²) in [5.41, 5.74) is 1.10. The summed E-state index contributed by atoms with van der Waals surface area (Å²) < 4.78 is 20.7. The van der Waals surface area contributed by atoms with Crippen LogP contribution < -0.4 is 15.2 Å². The van der Waals surface area contributed by atoms with Gasteiger partial charge >= 0.3 is 0 Å². The Morgan fingerprint density at radius 1 is 1.24 bits per heavy atom. The lowest BCUT2D eigenvalue weighted by molar-refractivity contribution is -0.111. The number of likely N-dealkylation sites (tertiary alicyclic amines) is 1. The van der Waals surface area contributed by atoms with E-state index in [1.807, 2.05) is 6.08 Å². The van der Waals surface area contributed by atoms with Crippen molar-refractivity contribution in [3.05, 3.63) is 59.9 Å². The fourth-order valence-corrected chi connectivity index (χ4v) is 4.02. The fourth-order valence-electron chi connectivity index (χ4n) is 3.84. The van der Waals surface area contributed by atoms with Crippen molar-refractivity contribution in [2.45, 2.75) is 19.3 Å². The van der Waals surface area contributed by atoms with E-state index in [4.69, 9.17) is 16.3 Å². The van der Waals surface area contributed by atoms with Crippen LogP contribution in [-0.2, 0) is 4.79 Å². The van der Waals surface area contributed by atoms with Crippen molar-refractivity contribution in [3.8, 4) is 5.75 Å². The maximum absolute atomic E-state index is 15.2. The number of ether oxygens (including phenoxy) is 1. The van der Waals surface area contributed by atoms with Crippen molar-refractivity contribution in [3.63, 3.8) is 0 Å². The largest absolute Gasteiger partial charge is 0.494 e. The third-order valence-corrected chi connectivity index (χ3v) is 5.73. The quantitative estimate of drug-likeness (QED) is 0.374. The van der Waals surface area contributed by atoms with Crippen LogP contribution in [0.1, 0.15) is 19.3 Å². The first-order chi connectivity index (χ1) is 16.0. The van der Waals surface area contributed by atoms with Gasteiger partial charge in [-0.05, 0) is 50.2 Å². The molecule has 1 aliphatic rings. The Morgan fingerprint density at radius 3 is 2.82 bits per heavy atom. The van der Waals surface area contributed by atoms with Crippen LogP contribution in [0.5, 0.6) is 5.75 Å². The summed E-state index contributed by atoms with van der Waals surface area (Å²) in [4.78, 5) is 23.2. The smallest absolute Gasteiger partial charge is 0.248 e. The number of halogens is 2. The zero-order valence-electron chi connectivity index (χ0n) is 18.3. The summed E-state index contributed by atoms with van der Waals surface area (Å²) in [6.07, 6.45) is 8.29. The molecule has 1 aromatic heterocycles. The molecule has 2 aromatic carbocycles. The molecule has 0 unspecified atom stereocenters. The van der Waals surface area contributed by atoms with E-state index in [9.17, 15) is 4.79 Å². The Kier molecular flexibility index (Phi) is 7.36. The fraction of sp³-hybridized carbons (Fsp3) is 0.292. The zero-order valence-corrected chi connectivity index (χ0v) is 19.1. The number of fused-ring (bicyclic) bond motifs is 1. The number of rotatable bonds is 7. The molecule has 1 aliphatic heterocycles. The first kappa shape index (κ1) is 22.9. The number of anilines is 3. The minimum atomic E-state index is -0.296. The summed E-state index contributed by atoms with van der Waals surface area (Å²) >= 11 is 6.01. The molecule has 0 radical (unpaired) electrons. The van der Waals surface area contributed by atoms with Crippen molar-refractivity contribution in [1.29, 1.82) is 0 Å². The number of benzene rings is 2. The second-order valence-electron chi connectivity index (χ2n) is 7.78. The maximum Gasteiger partial charge on any atom is 0.248 e. The third kappa shape index (κ3) is 5.58. The van der Waals surface area contributed by atoms with Gasteiger partial charge in [0.25, 0.3) is 0 Å². The van der Waals surface area contributed by atoms with Crippen LogP contribution in [0.3, 0.4) is 0 Å². The lowest BCUT2D eigenvalue weighted by Gasteiger charge is -2.24. The van der Waals surface area contributed by atoms with Gasteiger partial charge in [0.1, 0.15) is 12.1 Å². The van der Waals surface area contributed by atoms with E-state index in [2.05, 4.69) is 20.2 Å². The molecule has 33 heavy (non-hydrogen) atoms. The van der Waals surface area contributed by atoms with Gasteiger partial charge in [-0.25, -0.2) is 9.97 Å². The highest BCUT2D eigenvalue weighted by molar-refractivity contribution is 6.30. The minimum Gasteiger partial charge on any atom is -0.494 e. The number of amides is 1. The van der Waals surface area contributed by atoms with E-state index in [1.54, 1.807) is 30.3 Å². The zero-order chi connectivity index (χ0) is 23.2. The summed E-state index contributed by atoms with van der Waals surface area (Å²) in [6, 6.07) is 9.64. The van der Waals surface area contributed by atoms with Crippen molar-refractivity contribution in [2.24, 2.45) is 0 Å². The molecular weight excluding hydrogens is 445 g/mol. The molecule has 1 N–H and O–H groups in total. The van der Waals surface area contributed by atoms with Crippen LogP contribution in [0.4, 0.5) is 21.7 Å². The number of carbonyl (C=O) groups excluding carboxylic acids is 1. The Balaban J connectivity index is 1.58. The first-order valence-electron chi connectivity index (χ1n) is 10.8. The molecule has 4 rings (SSSR count). The maximum atomic E-state index is 15.2. The van der Waals surface area contributed by atoms with E-state index in [0.717, 1.165) is 19.6 Å². The molecule has 2 heterocycles. The van der Waals surface area contributed by atoms with Gasteiger partial charge in [0.2, 0.25) is 5.91 Å². The number of carbonyl (C=O) groups is 1. The van der Waals surface area contributed by atoms with Gasteiger partial charge in [0, 0.05) is 29.1 Å². The van der Waals surface area contributed by atoms with Crippen molar-refractivity contribution < 1.29 is 14.0 Å². The monoisotopic (exact) mass is 469 g/mol. The lowest BCUT2D eigenvalue weighted by Crippen LogP contribution is -2.29. The molecule has 7 nitrogen and oxygen atoms in total. The third-order valence-electron chi connectivity index (χ3n) is 5.50. The van der Waals surface area contributed by atoms with Gasteiger partial charge in [-0.3, -0.25) is 9.69 Å². The highest BCUT2D eigenvalue weighted by Gasteiger charge is 2.18. The molecule has 3 aromatic rings. The number of hydrogen-bond donors (Lipinski definition) is 1. The second-order valence-corrected chi connectivity index (χ2v) is 8.22. The summed E-state index contributed by atoms with van der Waals surface area (Å²) in [7, 11) is 1.50. The molecule has 0 bridgehead atoms. The molecule has 0 atom stereocenters. The Morgan fingerprint density at radius 2 is 2.06 bits per heavy atom. The average molecular weight is 470 g/mol. The van der Waals surface area contributed by atoms with Crippen LogP contribution in [0, 0.1) is 0 Å². The molecule has 1 fully saturated rings. The number of aromatic nitrogens is 2. The predicted octanol–water partition coefficient (Wildman–Crippen LogP) is 5.30. The number of piperidine rings is 1. The van der Waals surface area contributed by atoms with Gasteiger partial charge < -0.3 is 10.1 Å². The van der Waals surface area contributed by atoms with E-state index >= 15 is 4.48 Å². The van der Waals surface area contributed by atoms with Crippen LogP contribution >= 0.6 is 11.6 Å². The normalized spacial score (nSPS) is 14.5. The van der Waals surface area contributed by atoms with Gasteiger partial charge in [-0.2, -0.15) is 5.12 Å². The highest BCUT2D eigenvalue weighted by Crippen LogP contribution is 2.36. The average Bonchev–Trinajstić information content (AvgIpc) is 2.83. The topological polar surface area (TPSA) is 70.6 Å². The van der Waals surface area contributed by atoms with Crippen LogP contribution in [0.15, 0.2) is 54.9 Å². The standard InChI is InChI=1S/C24H25ClFN5O2/c1-33-22-15-20-19(24(28-16-27-20)31(26)18-8-5-7-17(25)13-18)14-21(22)29-23(32)9-6-12-30-10-3-2-4-11-30/h5-9,13-16H,2-4,10-12H2,1H3,(H,29,32). The van der Waals surface area contributed by atoms with Crippen molar-refractivity contribution in [2.75, 3.05) is 37.2 Å².